The molecular weight excluding hydrogens is 230 g/mol. The summed E-state index contributed by atoms with van der Waals surface area (Å²) >= 11 is 0. The van der Waals surface area contributed by atoms with E-state index in [9.17, 15) is 4.79 Å². The van der Waals surface area contributed by atoms with Crippen molar-refractivity contribution in [3.63, 3.8) is 0 Å². The normalized spacial score (nSPS) is 21.6. The molecule has 1 amide bonds. The highest BCUT2D eigenvalue weighted by atomic mass is 16.5. The molecule has 0 saturated carbocycles. The Balaban J connectivity index is 2.26. The number of rotatable bonds is 6. The first-order chi connectivity index (χ1) is 8.47. The second kappa shape index (κ2) is 7.07. The fourth-order valence-corrected chi connectivity index (χ4v) is 2.19. The van der Waals surface area contributed by atoms with Crippen LogP contribution in [0.1, 0.15) is 20.8 Å². The second-order valence-corrected chi connectivity index (χ2v) is 5.60. The van der Waals surface area contributed by atoms with E-state index in [1.54, 1.807) is 0 Å². The van der Waals surface area contributed by atoms with Crippen molar-refractivity contribution < 1.29 is 9.53 Å². The molecule has 0 aromatic rings. The van der Waals surface area contributed by atoms with E-state index in [-0.39, 0.29) is 17.4 Å². The largest absolute Gasteiger partial charge is 0.378 e. The molecule has 0 spiro atoms. The number of hydrogen-bond acceptors (Lipinski definition) is 4. The molecule has 1 saturated heterocycles. The minimum absolute atomic E-state index is 0.0210. The molecular formula is C13H27N3O2. The highest BCUT2D eigenvalue weighted by Crippen LogP contribution is 2.17. The number of hydrogen-bond donors (Lipinski definition) is 2. The van der Waals surface area contributed by atoms with Crippen LogP contribution < -0.4 is 10.6 Å². The van der Waals surface area contributed by atoms with Gasteiger partial charge in [0.15, 0.2) is 0 Å². The van der Waals surface area contributed by atoms with E-state index in [0.717, 1.165) is 32.8 Å². The molecule has 0 bridgehead atoms. The van der Waals surface area contributed by atoms with E-state index in [1.807, 2.05) is 14.0 Å². The quantitative estimate of drug-likeness (QED) is 0.707. The molecule has 1 atom stereocenters. The lowest BCUT2D eigenvalue weighted by molar-refractivity contribution is -0.124. The van der Waals surface area contributed by atoms with Crippen molar-refractivity contribution in [1.29, 1.82) is 0 Å². The minimum Gasteiger partial charge on any atom is -0.378 e. The fourth-order valence-electron chi connectivity index (χ4n) is 2.19. The topological polar surface area (TPSA) is 53.6 Å². The van der Waals surface area contributed by atoms with Gasteiger partial charge in [0.05, 0.1) is 13.2 Å². The third-order valence-corrected chi connectivity index (χ3v) is 3.46. The lowest BCUT2D eigenvalue weighted by atomic mass is 10.0. The molecule has 0 aromatic heterocycles. The summed E-state index contributed by atoms with van der Waals surface area (Å²) in [5.41, 5.74) is 0.0690. The summed E-state index contributed by atoms with van der Waals surface area (Å²) in [5.74, 6) is 0.142. The van der Waals surface area contributed by atoms with Crippen molar-refractivity contribution in [3.8, 4) is 0 Å². The van der Waals surface area contributed by atoms with Gasteiger partial charge in [-0.15, -0.1) is 0 Å². The molecule has 0 radical (unpaired) electrons. The smallest absolute Gasteiger partial charge is 0.224 e. The molecule has 0 aliphatic carbocycles. The Bertz CT molecular complexity index is 269. The van der Waals surface area contributed by atoms with Gasteiger partial charge in [-0.05, 0) is 20.9 Å². The van der Waals surface area contributed by atoms with E-state index in [4.69, 9.17) is 4.74 Å². The number of morpholine rings is 1. The highest BCUT2D eigenvalue weighted by Gasteiger charge is 2.29. The molecule has 5 nitrogen and oxygen atoms in total. The predicted octanol–water partition coefficient (Wildman–Crippen LogP) is 0.0689. The summed E-state index contributed by atoms with van der Waals surface area (Å²) in [6.07, 6.45) is 0. The van der Waals surface area contributed by atoms with Crippen LogP contribution in [-0.2, 0) is 9.53 Å². The van der Waals surface area contributed by atoms with Crippen LogP contribution in [0.5, 0.6) is 0 Å². The van der Waals surface area contributed by atoms with E-state index in [2.05, 4.69) is 29.4 Å². The van der Waals surface area contributed by atoms with Gasteiger partial charge in [-0.1, -0.05) is 6.92 Å². The summed E-state index contributed by atoms with van der Waals surface area (Å²) in [6.45, 7) is 11.1. The van der Waals surface area contributed by atoms with Crippen LogP contribution in [0.15, 0.2) is 0 Å². The van der Waals surface area contributed by atoms with Crippen molar-refractivity contribution in [1.82, 2.24) is 15.5 Å². The van der Waals surface area contributed by atoms with Crippen molar-refractivity contribution in [2.24, 2.45) is 5.92 Å². The SMILES string of the molecule is CNCC(C)C(=O)NCCN1CCOCC1(C)C. The summed E-state index contributed by atoms with van der Waals surface area (Å²) < 4.78 is 5.48. The van der Waals surface area contributed by atoms with Crippen molar-refractivity contribution in [3.05, 3.63) is 0 Å². The molecule has 1 rings (SSSR count). The van der Waals surface area contributed by atoms with Crippen LogP contribution in [0.2, 0.25) is 0 Å². The van der Waals surface area contributed by atoms with Gasteiger partial charge in [0.1, 0.15) is 0 Å². The Morgan fingerprint density at radius 1 is 1.50 bits per heavy atom. The summed E-state index contributed by atoms with van der Waals surface area (Å²) in [6, 6.07) is 0. The van der Waals surface area contributed by atoms with Gasteiger partial charge in [0, 0.05) is 37.6 Å². The first kappa shape index (κ1) is 15.4. The molecule has 1 fully saturated rings. The molecule has 1 unspecified atom stereocenters. The van der Waals surface area contributed by atoms with Gasteiger partial charge in [0.2, 0.25) is 5.91 Å². The number of carbonyl (C=O) groups is 1. The number of amides is 1. The fraction of sp³-hybridized carbons (Fsp3) is 0.923. The Labute approximate surface area is 110 Å². The Morgan fingerprint density at radius 3 is 2.83 bits per heavy atom. The van der Waals surface area contributed by atoms with Crippen molar-refractivity contribution >= 4 is 5.91 Å². The minimum atomic E-state index is 0.0210. The maximum absolute atomic E-state index is 11.7. The maximum Gasteiger partial charge on any atom is 0.224 e. The number of nitrogens with one attached hydrogen (secondary N) is 2. The molecule has 1 heterocycles. The Hall–Kier alpha value is -0.650. The van der Waals surface area contributed by atoms with Crippen molar-refractivity contribution in [2.75, 3.05) is 46.4 Å². The van der Waals surface area contributed by atoms with Crippen LogP contribution in [0.3, 0.4) is 0 Å². The summed E-state index contributed by atoms with van der Waals surface area (Å²) in [5, 5.41) is 6.00. The summed E-state index contributed by atoms with van der Waals surface area (Å²) in [4.78, 5) is 14.1. The van der Waals surface area contributed by atoms with Gasteiger partial charge >= 0.3 is 0 Å². The van der Waals surface area contributed by atoms with Gasteiger partial charge in [-0.3, -0.25) is 9.69 Å². The van der Waals surface area contributed by atoms with E-state index in [0.29, 0.717) is 6.54 Å². The van der Waals surface area contributed by atoms with Gasteiger partial charge in [-0.25, -0.2) is 0 Å². The van der Waals surface area contributed by atoms with Crippen LogP contribution in [0, 0.1) is 5.92 Å². The second-order valence-electron chi connectivity index (χ2n) is 5.60. The highest BCUT2D eigenvalue weighted by molar-refractivity contribution is 5.78. The average molecular weight is 257 g/mol. The molecule has 106 valence electrons. The number of ether oxygens (including phenoxy) is 1. The summed E-state index contributed by atoms with van der Waals surface area (Å²) in [7, 11) is 1.86. The Kier molecular flexibility index (Phi) is 6.05. The van der Waals surface area contributed by atoms with Gasteiger partial charge in [0.25, 0.3) is 0 Å². The zero-order valence-corrected chi connectivity index (χ0v) is 12.1. The molecule has 5 heteroatoms. The molecule has 0 aromatic carbocycles. The van der Waals surface area contributed by atoms with E-state index >= 15 is 0 Å². The molecule has 1 aliphatic heterocycles. The monoisotopic (exact) mass is 257 g/mol. The van der Waals surface area contributed by atoms with Gasteiger partial charge in [-0.2, -0.15) is 0 Å². The van der Waals surface area contributed by atoms with Crippen LogP contribution >= 0.6 is 0 Å². The predicted molar refractivity (Wildman–Crippen MR) is 72.6 cm³/mol. The van der Waals surface area contributed by atoms with E-state index < -0.39 is 0 Å². The first-order valence-corrected chi connectivity index (χ1v) is 6.72. The third kappa shape index (κ3) is 4.55. The van der Waals surface area contributed by atoms with Crippen LogP contribution in [0.25, 0.3) is 0 Å². The lowest BCUT2D eigenvalue weighted by Crippen LogP contribution is -2.55. The number of carbonyl (C=O) groups excluding carboxylic acids is 1. The Morgan fingerprint density at radius 2 is 2.22 bits per heavy atom. The van der Waals surface area contributed by atoms with Crippen LogP contribution in [-0.4, -0.2) is 62.8 Å². The zero-order chi connectivity index (χ0) is 13.6. The number of nitrogens with zero attached hydrogens (tertiary/aromatic N) is 1. The van der Waals surface area contributed by atoms with Gasteiger partial charge < -0.3 is 15.4 Å². The maximum atomic E-state index is 11.7. The first-order valence-electron chi connectivity index (χ1n) is 6.72. The molecule has 18 heavy (non-hydrogen) atoms. The average Bonchev–Trinajstić information content (AvgIpc) is 2.31. The van der Waals surface area contributed by atoms with Crippen molar-refractivity contribution in [2.45, 2.75) is 26.3 Å². The molecule has 1 aliphatic rings. The van der Waals surface area contributed by atoms with E-state index in [1.165, 1.54) is 0 Å². The zero-order valence-electron chi connectivity index (χ0n) is 12.1. The standard InChI is InChI=1S/C13H27N3O2/c1-11(9-14-4)12(17)15-5-6-16-7-8-18-10-13(16,2)3/h11,14H,5-10H2,1-4H3,(H,15,17). The third-order valence-electron chi connectivity index (χ3n) is 3.46. The molecule has 2 N–H and O–H groups in total. The lowest BCUT2D eigenvalue weighted by Gasteiger charge is -2.42. The van der Waals surface area contributed by atoms with Crippen LogP contribution in [0.4, 0.5) is 0 Å².